The fourth-order valence-electron chi connectivity index (χ4n) is 3.71. The van der Waals surface area contributed by atoms with Gasteiger partial charge in [0.15, 0.2) is 5.78 Å². The van der Waals surface area contributed by atoms with Crippen molar-refractivity contribution >= 4 is 5.78 Å². The molecule has 0 unspecified atom stereocenters. The lowest BCUT2D eigenvalue weighted by atomic mass is 9.62. The lowest BCUT2D eigenvalue weighted by Gasteiger charge is -2.42. The zero-order chi connectivity index (χ0) is 15.9. The van der Waals surface area contributed by atoms with Gasteiger partial charge in [0.05, 0.1) is 11.8 Å². The van der Waals surface area contributed by atoms with Crippen LogP contribution in [0.15, 0.2) is 35.1 Å². The number of carbonyl (C=O) groups excluding carboxylic acids is 1. The fraction of sp³-hybridized carbons (Fsp3) is 0.421. The third-order valence-electron chi connectivity index (χ3n) is 5.36. The summed E-state index contributed by atoms with van der Waals surface area (Å²) in [6, 6.07) is 5.38. The Kier molecular flexibility index (Phi) is 3.59. The monoisotopic (exact) mass is 298 g/mol. The van der Waals surface area contributed by atoms with Crippen LogP contribution in [0.1, 0.15) is 53.7 Å². The molecule has 0 bridgehead atoms. The Morgan fingerprint density at radius 2 is 2.23 bits per heavy atom. The smallest absolute Gasteiger partial charge is 0.166 e. The van der Waals surface area contributed by atoms with Gasteiger partial charge in [-0.25, -0.2) is 0 Å². The predicted octanol–water partition coefficient (Wildman–Crippen LogP) is 4.41. The Morgan fingerprint density at radius 3 is 2.91 bits per heavy atom. The summed E-state index contributed by atoms with van der Waals surface area (Å²) in [5, 5.41) is 10.0. The van der Waals surface area contributed by atoms with E-state index in [0.29, 0.717) is 17.9 Å². The van der Waals surface area contributed by atoms with Crippen molar-refractivity contribution < 1.29 is 14.3 Å². The topological polar surface area (TPSA) is 50.4 Å². The molecule has 0 radical (unpaired) electrons. The highest BCUT2D eigenvalue weighted by molar-refractivity contribution is 5.96. The van der Waals surface area contributed by atoms with Crippen LogP contribution in [-0.2, 0) is 11.8 Å². The van der Waals surface area contributed by atoms with Crippen LogP contribution < -0.4 is 0 Å². The minimum absolute atomic E-state index is 0.0944. The molecule has 3 nitrogen and oxygen atoms in total. The second-order valence-electron chi connectivity index (χ2n) is 6.76. The van der Waals surface area contributed by atoms with Gasteiger partial charge in [0.2, 0.25) is 0 Å². The summed E-state index contributed by atoms with van der Waals surface area (Å²) >= 11 is 0. The molecule has 0 amide bonds. The first kappa shape index (κ1) is 14.9. The number of carbonyl (C=O) groups is 1. The minimum Gasteiger partial charge on any atom is -0.508 e. The van der Waals surface area contributed by atoms with Crippen LogP contribution in [0, 0.1) is 12.8 Å². The van der Waals surface area contributed by atoms with Gasteiger partial charge in [-0.15, -0.1) is 0 Å². The lowest BCUT2D eigenvalue weighted by Crippen LogP contribution is -2.37. The van der Waals surface area contributed by atoms with Gasteiger partial charge in [-0.05, 0) is 60.6 Å². The van der Waals surface area contributed by atoms with E-state index in [-0.39, 0.29) is 16.9 Å². The molecule has 0 aliphatic heterocycles. The molecule has 1 heterocycles. The summed E-state index contributed by atoms with van der Waals surface area (Å²) in [5.74, 6) is 0.765. The largest absolute Gasteiger partial charge is 0.508 e. The molecule has 0 saturated heterocycles. The maximum Gasteiger partial charge on any atom is 0.166 e. The van der Waals surface area contributed by atoms with Crippen LogP contribution >= 0.6 is 0 Å². The molecule has 1 aliphatic rings. The zero-order valence-corrected chi connectivity index (χ0v) is 13.3. The minimum atomic E-state index is -0.258. The van der Waals surface area contributed by atoms with Crippen molar-refractivity contribution in [3.05, 3.63) is 53.0 Å². The van der Waals surface area contributed by atoms with Gasteiger partial charge >= 0.3 is 0 Å². The van der Waals surface area contributed by atoms with Crippen LogP contribution in [0.4, 0.5) is 0 Å². The average molecular weight is 298 g/mol. The number of furan rings is 1. The van der Waals surface area contributed by atoms with Crippen molar-refractivity contribution in [2.24, 2.45) is 5.92 Å². The van der Waals surface area contributed by atoms with Gasteiger partial charge in [0.25, 0.3) is 0 Å². The summed E-state index contributed by atoms with van der Waals surface area (Å²) in [6.45, 7) is 6.38. The van der Waals surface area contributed by atoms with Crippen LogP contribution in [0.5, 0.6) is 5.75 Å². The van der Waals surface area contributed by atoms with E-state index in [1.807, 2.05) is 19.1 Å². The van der Waals surface area contributed by atoms with Gasteiger partial charge in [0, 0.05) is 11.8 Å². The van der Waals surface area contributed by atoms with E-state index in [2.05, 4.69) is 13.8 Å². The quantitative estimate of drug-likeness (QED) is 0.854. The second-order valence-corrected chi connectivity index (χ2v) is 6.76. The molecule has 0 saturated carbocycles. The SMILES string of the molecule is Cc1cc(O)cc2c1CC[C@@H](C)[C@]2(C)CC(=O)c1ccoc1. The van der Waals surface area contributed by atoms with E-state index in [1.54, 1.807) is 6.07 Å². The standard InChI is InChI=1S/C19H22O3/c1-12-8-15(20)9-17-16(12)5-4-13(2)19(17,3)10-18(21)14-6-7-22-11-14/h6-9,11,13,20H,4-5,10H2,1-3H3/t13-,19+/m1/s1. The third-order valence-corrected chi connectivity index (χ3v) is 5.36. The Hall–Kier alpha value is -2.03. The van der Waals surface area contributed by atoms with Crippen LogP contribution in [0.25, 0.3) is 0 Å². The van der Waals surface area contributed by atoms with Gasteiger partial charge in [0.1, 0.15) is 12.0 Å². The third kappa shape index (κ3) is 2.35. The molecule has 22 heavy (non-hydrogen) atoms. The highest BCUT2D eigenvalue weighted by atomic mass is 16.3. The molecule has 3 rings (SSSR count). The first-order valence-electron chi connectivity index (χ1n) is 7.80. The molecule has 116 valence electrons. The summed E-state index contributed by atoms with van der Waals surface area (Å²) < 4.78 is 5.03. The number of fused-ring (bicyclic) bond motifs is 1. The Bertz CT molecular complexity index is 700. The summed E-state index contributed by atoms with van der Waals surface area (Å²) in [4.78, 5) is 12.6. The molecule has 0 spiro atoms. The van der Waals surface area contributed by atoms with Crippen LogP contribution in [0.2, 0.25) is 0 Å². The Balaban J connectivity index is 2.04. The molecule has 1 aliphatic carbocycles. The molecule has 1 N–H and O–H groups in total. The van der Waals surface area contributed by atoms with Crippen molar-refractivity contribution in [3.63, 3.8) is 0 Å². The van der Waals surface area contributed by atoms with Crippen molar-refractivity contribution in [2.45, 2.75) is 45.4 Å². The summed E-state index contributed by atoms with van der Waals surface area (Å²) in [6.07, 6.45) is 5.55. The summed E-state index contributed by atoms with van der Waals surface area (Å²) in [5.41, 5.74) is 3.89. The lowest BCUT2D eigenvalue weighted by molar-refractivity contribution is 0.0923. The van der Waals surface area contributed by atoms with E-state index >= 15 is 0 Å². The Morgan fingerprint density at radius 1 is 1.45 bits per heavy atom. The van der Waals surface area contributed by atoms with Gasteiger partial charge in [-0.3, -0.25) is 4.79 Å². The maximum atomic E-state index is 12.6. The highest BCUT2D eigenvalue weighted by Crippen LogP contribution is 2.46. The van der Waals surface area contributed by atoms with Crippen molar-refractivity contribution in [3.8, 4) is 5.75 Å². The molecule has 2 atom stereocenters. The molecule has 3 heteroatoms. The molecular formula is C19H22O3. The number of Topliss-reactive ketones (excluding diaryl/α,β-unsaturated/α-hetero) is 1. The van der Waals surface area contributed by atoms with E-state index in [9.17, 15) is 9.90 Å². The molecular weight excluding hydrogens is 276 g/mol. The predicted molar refractivity (Wildman–Crippen MR) is 85.3 cm³/mol. The van der Waals surface area contributed by atoms with E-state index in [1.165, 1.54) is 18.1 Å². The number of ketones is 1. The van der Waals surface area contributed by atoms with Gasteiger partial charge < -0.3 is 9.52 Å². The number of phenols is 1. The zero-order valence-electron chi connectivity index (χ0n) is 13.3. The molecule has 1 aromatic carbocycles. The van der Waals surface area contributed by atoms with Crippen LogP contribution in [0.3, 0.4) is 0 Å². The van der Waals surface area contributed by atoms with Crippen molar-refractivity contribution in [1.82, 2.24) is 0 Å². The van der Waals surface area contributed by atoms with Gasteiger partial charge in [-0.1, -0.05) is 13.8 Å². The number of phenolic OH excluding ortho intramolecular Hbond substituents is 1. The van der Waals surface area contributed by atoms with E-state index in [4.69, 9.17) is 4.42 Å². The van der Waals surface area contributed by atoms with E-state index < -0.39 is 0 Å². The number of rotatable bonds is 3. The molecule has 2 aromatic rings. The van der Waals surface area contributed by atoms with Crippen molar-refractivity contribution in [1.29, 1.82) is 0 Å². The molecule has 0 fully saturated rings. The number of hydrogen-bond acceptors (Lipinski definition) is 3. The van der Waals surface area contributed by atoms with Gasteiger partial charge in [-0.2, -0.15) is 0 Å². The first-order chi connectivity index (χ1) is 10.4. The number of aromatic hydroxyl groups is 1. The van der Waals surface area contributed by atoms with Crippen LogP contribution in [-0.4, -0.2) is 10.9 Å². The average Bonchev–Trinajstić information content (AvgIpc) is 2.98. The highest BCUT2D eigenvalue weighted by Gasteiger charge is 2.40. The number of benzene rings is 1. The first-order valence-corrected chi connectivity index (χ1v) is 7.80. The second kappa shape index (κ2) is 5.31. The maximum absolute atomic E-state index is 12.6. The number of aryl methyl sites for hydroxylation is 1. The van der Waals surface area contributed by atoms with E-state index in [0.717, 1.165) is 24.0 Å². The molecule has 1 aromatic heterocycles. The Labute approximate surface area is 131 Å². The normalized spacial score (nSPS) is 24.0. The number of hydrogen-bond donors (Lipinski definition) is 1. The van der Waals surface area contributed by atoms with Crippen molar-refractivity contribution in [2.75, 3.05) is 0 Å². The summed E-state index contributed by atoms with van der Waals surface area (Å²) in [7, 11) is 0. The fourth-order valence-corrected chi connectivity index (χ4v) is 3.71.